The lowest BCUT2D eigenvalue weighted by Crippen LogP contribution is -2.10. The number of rotatable bonds is 5. The fraction of sp³-hybridized carbons (Fsp3) is 0. The first-order valence-corrected chi connectivity index (χ1v) is 16.5. The van der Waals surface area contributed by atoms with E-state index in [1.54, 1.807) is 0 Å². The standard InChI is InChI=1S/C44H29NS/c1-3-12-30(13-4-1)35-28-29-41(38-18-8-7-17-37(35)38)45(33-15-5-2-6-16-33)34-25-22-31(23-26-34)36-20-11-14-32-24-27-40-39-19-9-10-21-42(39)46-44(40)43(32)36/h1-29H. The second-order valence-corrected chi connectivity index (χ2v) is 12.8. The summed E-state index contributed by atoms with van der Waals surface area (Å²) in [6.45, 7) is 0. The molecule has 0 bridgehead atoms. The van der Waals surface area contributed by atoms with Gasteiger partial charge in [0.15, 0.2) is 0 Å². The molecule has 216 valence electrons. The van der Waals surface area contributed by atoms with Crippen LogP contribution >= 0.6 is 11.3 Å². The van der Waals surface area contributed by atoms with E-state index in [-0.39, 0.29) is 0 Å². The Hall–Kier alpha value is -5.70. The van der Waals surface area contributed by atoms with Gasteiger partial charge in [-0.25, -0.2) is 0 Å². The monoisotopic (exact) mass is 603 g/mol. The molecule has 1 aromatic heterocycles. The highest BCUT2D eigenvalue weighted by Gasteiger charge is 2.18. The van der Waals surface area contributed by atoms with E-state index in [1.165, 1.54) is 64.0 Å². The minimum atomic E-state index is 1.12. The highest BCUT2D eigenvalue weighted by molar-refractivity contribution is 7.26. The molecule has 9 rings (SSSR count). The van der Waals surface area contributed by atoms with Crippen molar-refractivity contribution >= 4 is 70.1 Å². The van der Waals surface area contributed by atoms with Crippen molar-refractivity contribution in [3.8, 4) is 22.3 Å². The zero-order chi connectivity index (χ0) is 30.5. The molecule has 1 heterocycles. The van der Waals surface area contributed by atoms with Gasteiger partial charge in [-0.05, 0) is 69.4 Å². The second kappa shape index (κ2) is 11.0. The Labute approximate surface area is 272 Å². The van der Waals surface area contributed by atoms with Crippen LogP contribution in [0.25, 0.3) is 64.0 Å². The predicted octanol–water partition coefficient (Wildman–Crippen LogP) is 13.2. The van der Waals surface area contributed by atoms with E-state index in [1.807, 2.05) is 11.3 Å². The van der Waals surface area contributed by atoms with E-state index < -0.39 is 0 Å². The molecule has 1 nitrogen and oxygen atoms in total. The Morgan fingerprint density at radius 3 is 1.83 bits per heavy atom. The Morgan fingerprint density at radius 1 is 0.370 bits per heavy atom. The molecule has 46 heavy (non-hydrogen) atoms. The van der Waals surface area contributed by atoms with E-state index in [2.05, 4.69) is 181 Å². The number of hydrogen-bond acceptors (Lipinski definition) is 2. The first-order valence-electron chi connectivity index (χ1n) is 15.7. The van der Waals surface area contributed by atoms with Crippen molar-refractivity contribution in [2.75, 3.05) is 4.90 Å². The molecule has 8 aromatic carbocycles. The van der Waals surface area contributed by atoms with E-state index in [0.29, 0.717) is 0 Å². The summed E-state index contributed by atoms with van der Waals surface area (Å²) in [4.78, 5) is 2.38. The van der Waals surface area contributed by atoms with E-state index in [4.69, 9.17) is 0 Å². The number of hydrogen-bond donors (Lipinski definition) is 0. The minimum Gasteiger partial charge on any atom is -0.310 e. The largest absolute Gasteiger partial charge is 0.310 e. The fourth-order valence-electron chi connectivity index (χ4n) is 6.93. The number of nitrogens with zero attached hydrogens (tertiary/aromatic N) is 1. The molecule has 0 unspecified atom stereocenters. The average Bonchev–Trinajstić information content (AvgIpc) is 3.52. The third-order valence-corrected chi connectivity index (χ3v) is 10.3. The van der Waals surface area contributed by atoms with Crippen LogP contribution in [0.1, 0.15) is 0 Å². The van der Waals surface area contributed by atoms with Crippen molar-refractivity contribution in [3.05, 3.63) is 176 Å². The summed E-state index contributed by atoms with van der Waals surface area (Å²) in [5.41, 5.74) is 8.37. The summed E-state index contributed by atoms with van der Waals surface area (Å²) < 4.78 is 2.69. The molecular weight excluding hydrogens is 575 g/mol. The van der Waals surface area contributed by atoms with Gasteiger partial charge in [-0.3, -0.25) is 0 Å². The van der Waals surface area contributed by atoms with Crippen LogP contribution in [0, 0.1) is 0 Å². The Kier molecular flexibility index (Phi) is 6.40. The molecular formula is C44H29NS. The Morgan fingerprint density at radius 2 is 1.02 bits per heavy atom. The maximum Gasteiger partial charge on any atom is 0.0540 e. The number of thiophene rings is 1. The summed E-state index contributed by atoms with van der Waals surface area (Å²) in [6.07, 6.45) is 0. The average molecular weight is 604 g/mol. The molecule has 0 amide bonds. The van der Waals surface area contributed by atoms with Gasteiger partial charge in [0, 0.05) is 42.3 Å². The van der Waals surface area contributed by atoms with Crippen LogP contribution in [-0.4, -0.2) is 0 Å². The molecule has 0 N–H and O–H groups in total. The minimum absolute atomic E-state index is 1.12. The van der Waals surface area contributed by atoms with Gasteiger partial charge in [-0.1, -0.05) is 140 Å². The maximum atomic E-state index is 2.38. The summed E-state index contributed by atoms with van der Waals surface area (Å²) in [6, 6.07) is 63.8. The SMILES string of the molecule is c1ccc(-c2ccc(N(c3ccccc3)c3ccc(-c4cccc5ccc6c7ccccc7sc6c45)cc3)c3ccccc23)cc1. The van der Waals surface area contributed by atoms with Gasteiger partial charge in [0.25, 0.3) is 0 Å². The topological polar surface area (TPSA) is 3.24 Å². The molecule has 0 atom stereocenters. The molecule has 0 fully saturated rings. The van der Waals surface area contributed by atoms with Crippen molar-refractivity contribution in [3.63, 3.8) is 0 Å². The molecule has 0 aliphatic heterocycles. The van der Waals surface area contributed by atoms with Crippen LogP contribution in [-0.2, 0) is 0 Å². The van der Waals surface area contributed by atoms with Crippen molar-refractivity contribution < 1.29 is 0 Å². The van der Waals surface area contributed by atoms with Crippen LogP contribution < -0.4 is 4.90 Å². The fourth-order valence-corrected chi connectivity index (χ4v) is 8.21. The number of benzene rings is 8. The zero-order valence-electron chi connectivity index (χ0n) is 25.1. The molecule has 9 aromatic rings. The second-order valence-electron chi connectivity index (χ2n) is 11.7. The van der Waals surface area contributed by atoms with Gasteiger partial charge in [-0.15, -0.1) is 11.3 Å². The summed E-state index contributed by atoms with van der Waals surface area (Å²) >= 11 is 1.89. The quantitative estimate of drug-likeness (QED) is 0.189. The first-order chi connectivity index (χ1) is 22.8. The summed E-state index contributed by atoms with van der Waals surface area (Å²) in [5.74, 6) is 0. The van der Waals surface area contributed by atoms with Crippen LogP contribution in [0.4, 0.5) is 17.1 Å². The van der Waals surface area contributed by atoms with E-state index >= 15 is 0 Å². The highest BCUT2D eigenvalue weighted by Crippen LogP contribution is 2.44. The smallest absolute Gasteiger partial charge is 0.0540 e. The van der Waals surface area contributed by atoms with Gasteiger partial charge in [0.2, 0.25) is 0 Å². The molecule has 0 spiro atoms. The lowest BCUT2D eigenvalue weighted by Gasteiger charge is -2.27. The Bertz CT molecular complexity index is 2510. The third-order valence-electron chi connectivity index (χ3n) is 9.06. The van der Waals surface area contributed by atoms with Gasteiger partial charge < -0.3 is 4.90 Å². The van der Waals surface area contributed by atoms with Crippen molar-refractivity contribution in [1.29, 1.82) is 0 Å². The van der Waals surface area contributed by atoms with Crippen LogP contribution in [0.2, 0.25) is 0 Å². The highest BCUT2D eigenvalue weighted by atomic mass is 32.1. The first kappa shape index (κ1) is 26.7. The molecule has 0 radical (unpaired) electrons. The lowest BCUT2D eigenvalue weighted by atomic mass is 9.95. The van der Waals surface area contributed by atoms with Gasteiger partial charge in [-0.2, -0.15) is 0 Å². The van der Waals surface area contributed by atoms with Gasteiger partial charge >= 0.3 is 0 Å². The number of anilines is 3. The van der Waals surface area contributed by atoms with Gasteiger partial charge in [0.1, 0.15) is 0 Å². The summed E-state index contributed by atoms with van der Waals surface area (Å²) in [7, 11) is 0. The molecule has 0 aliphatic rings. The zero-order valence-corrected chi connectivity index (χ0v) is 25.9. The molecule has 0 saturated carbocycles. The molecule has 0 aliphatic carbocycles. The number of para-hydroxylation sites is 1. The van der Waals surface area contributed by atoms with E-state index in [9.17, 15) is 0 Å². The predicted molar refractivity (Wildman–Crippen MR) is 200 cm³/mol. The third kappa shape index (κ3) is 4.38. The van der Waals surface area contributed by atoms with Crippen LogP contribution in [0.3, 0.4) is 0 Å². The molecule has 0 saturated heterocycles. The number of fused-ring (bicyclic) bond motifs is 6. The van der Waals surface area contributed by atoms with Gasteiger partial charge in [0.05, 0.1) is 5.69 Å². The van der Waals surface area contributed by atoms with Crippen LogP contribution in [0.5, 0.6) is 0 Å². The Balaban J connectivity index is 1.21. The summed E-state index contributed by atoms with van der Waals surface area (Å²) in [5, 5.41) is 7.73. The normalized spacial score (nSPS) is 11.5. The van der Waals surface area contributed by atoms with Crippen molar-refractivity contribution in [2.45, 2.75) is 0 Å². The lowest BCUT2D eigenvalue weighted by molar-refractivity contribution is 1.30. The van der Waals surface area contributed by atoms with Crippen molar-refractivity contribution in [2.24, 2.45) is 0 Å². The maximum absolute atomic E-state index is 2.38. The van der Waals surface area contributed by atoms with Crippen LogP contribution in [0.15, 0.2) is 176 Å². The molecule has 2 heteroatoms. The van der Waals surface area contributed by atoms with Crippen molar-refractivity contribution in [1.82, 2.24) is 0 Å². The van der Waals surface area contributed by atoms with E-state index in [0.717, 1.165) is 17.1 Å².